The van der Waals surface area contributed by atoms with Gasteiger partial charge in [-0.1, -0.05) is 82.9 Å². The summed E-state index contributed by atoms with van der Waals surface area (Å²) in [6.07, 6.45) is 16.7. The lowest BCUT2D eigenvalue weighted by Gasteiger charge is -2.15. The van der Waals surface area contributed by atoms with Crippen molar-refractivity contribution in [1.82, 2.24) is 0 Å². The summed E-state index contributed by atoms with van der Waals surface area (Å²) in [6.45, 7) is 18.0. The maximum Gasteiger partial charge on any atom is 0.00470 e. The molecular formula is C18H30. The fourth-order valence-electron chi connectivity index (χ4n) is 1.46. The molecule has 102 valence electrons. The monoisotopic (exact) mass is 246 g/mol. The maximum absolute atomic E-state index is 3.91. The van der Waals surface area contributed by atoms with E-state index in [1.165, 1.54) is 0 Å². The van der Waals surface area contributed by atoms with Crippen molar-refractivity contribution in [1.29, 1.82) is 0 Å². The van der Waals surface area contributed by atoms with E-state index in [0.717, 1.165) is 0 Å². The van der Waals surface area contributed by atoms with Gasteiger partial charge in [-0.3, -0.25) is 0 Å². The van der Waals surface area contributed by atoms with Crippen LogP contribution in [-0.4, -0.2) is 0 Å². The van der Waals surface area contributed by atoms with Gasteiger partial charge >= 0.3 is 0 Å². The number of hydrogen-bond acceptors (Lipinski definition) is 0. The molecule has 0 aromatic rings. The highest BCUT2D eigenvalue weighted by Gasteiger charge is 2.09. The lowest BCUT2D eigenvalue weighted by molar-refractivity contribution is 0.667. The Hall–Kier alpha value is -1.30. The second-order valence-corrected chi connectivity index (χ2v) is 4.17. The molecule has 0 heteroatoms. The summed E-state index contributed by atoms with van der Waals surface area (Å²) in [5.74, 6) is 1.31. The van der Waals surface area contributed by atoms with Crippen molar-refractivity contribution in [2.24, 2.45) is 17.8 Å². The van der Waals surface area contributed by atoms with Gasteiger partial charge in [0.05, 0.1) is 0 Å². The maximum atomic E-state index is 3.91. The quantitative estimate of drug-likeness (QED) is 0.384. The second-order valence-electron chi connectivity index (χ2n) is 4.17. The van der Waals surface area contributed by atoms with Gasteiger partial charge in [-0.25, -0.2) is 0 Å². The predicted molar refractivity (Wildman–Crippen MR) is 86.7 cm³/mol. The Bertz CT molecular complexity index is 276. The van der Waals surface area contributed by atoms with Gasteiger partial charge in [0.2, 0.25) is 0 Å². The summed E-state index contributed by atoms with van der Waals surface area (Å²) in [5, 5.41) is 0. The lowest BCUT2D eigenvalue weighted by atomic mass is 9.90. The first-order chi connectivity index (χ1) is 8.65. The molecule has 0 saturated heterocycles. The Morgan fingerprint density at radius 2 is 1.44 bits per heavy atom. The minimum atomic E-state index is 0.356. The number of hydrogen-bond donors (Lipinski definition) is 0. The molecule has 18 heavy (non-hydrogen) atoms. The zero-order valence-corrected chi connectivity index (χ0v) is 12.8. The number of rotatable bonds is 7. The first-order valence-electron chi connectivity index (χ1n) is 6.88. The lowest BCUT2D eigenvalue weighted by Crippen LogP contribution is -2.05. The number of allylic oxidation sites excluding steroid dienone is 8. The van der Waals surface area contributed by atoms with Crippen LogP contribution >= 0.6 is 0 Å². The van der Waals surface area contributed by atoms with Crippen LogP contribution in [0.1, 0.15) is 34.6 Å². The Kier molecular flexibility index (Phi) is 14.6. The van der Waals surface area contributed by atoms with Crippen LogP contribution in [0.2, 0.25) is 0 Å². The molecule has 0 radical (unpaired) electrons. The molecule has 0 aromatic heterocycles. The molecule has 0 aliphatic carbocycles. The van der Waals surface area contributed by atoms with E-state index in [1.807, 2.05) is 39.0 Å². The average molecular weight is 246 g/mol. The molecule has 0 fully saturated rings. The minimum Gasteiger partial charge on any atom is -0.102 e. The fraction of sp³-hybridized carbons (Fsp3) is 0.444. The zero-order chi connectivity index (χ0) is 14.4. The summed E-state index contributed by atoms with van der Waals surface area (Å²) in [4.78, 5) is 0. The van der Waals surface area contributed by atoms with E-state index in [0.29, 0.717) is 17.8 Å². The highest BCUT2D eigenvalue weighted by atomic mass is 14.1. The molecule has 0 aromatic carbocycles. The molecule has 0 N–H and O–H groups in total. The molecule has 0 rings (SSSR count). The first kappa shape index (κ1) is 19.0. The fourth-order valence-corrected chi connectivity index (χ4v) is 1.46. The van der Waals surface area contributed by atoms with Crippen molar-refractivity contribution < 1.29 is 0 Å². The molecule has 0 bridgehead atoms. The Labute approximate surface area is 115 Å². The van der Waals surface area contributed by atoms with Crippen molar-refractivity contribution in [3.05, 3.63) is 61.8 Å². The summed E-state index contributed by atoms with van der Waals surface area (Å²) < 4.78 is 0. The first-order valence-corrected chi connectivity index (χ1v) is 6.88. The zero-order valence-electron chi connectivity index (χ0n) is 12.8. The van der Waals surface area contributed by atoms with E-state index in [4.69, 9.17) is 0 Å². The van der Waals surface area contributed by atoms with Crippen LogP contribution < -0.4 is 0 Å². The van der Waals surface area contributed by atoms with Gasteiger partial charge in [0.25, 0.3) is 0 Å². The third kappa shape index (κ3) is 9.89. The average Bonchev–Trinajstić information content (AvgIpc) is 2.38. The van der Waals surface area contributed by atoms with Crippen LogP contribution in [0.25, 0.3) is 0 Å². The van der Waals surface area contributed by atoms with Crippen molar-refractivity contribution in [3.8, 4) is 0 Å². The largest absolute Gasteiger partial charge is 0.102 e. The molecule has 0 aliphatic heterocycles. The van der Waals surface area contributed by atoms with Crippen molar-refractivity contribution in [2.75, 3.05) is 0 Å². The van der Waals surface area contributed by atoms with Crippen LogP contribution in [0.3, 0.4) is 0 Å². The standard InChI is InChI=1S/C16H24.C2H6/c1-6-9-11-16(10-7-2)15(8-3)13-12-14(4)5;1-2/h6-16H,1,3H2,2,4-5H3;1-2H3/b10-7-,11-9-,13-12-;. The van der Waals surface area contributed by atoms with Crippen molar-refractivity contribution in [2.45, 2.75) is 34.6 Å². The smallest absolute Gasteiger partial charge is 0.00470 e. The van der Waals surface area contributed by atoms with Gasteiger partial charge in [0.1, 0.15) is 0 Å². The summed E-state index contributed by atoms with van der Waals surface area (Å²) >= 11 is 0. The van der Waals surface area contributed by atoms with E-state index < -0.39 is 0 Å². The molecule has 2 atom stereocenters. The molecule has 0 nitrogen and oxygen atoms in total. The third-order valence-electron chi connectivity index (χ3n) is 2.32. The highest BCUT2D eigenvalue weighted by Crippen LogP contribution is 2.19. The predicted octanol–water partition coefficient (Wildman–Crippen LogP) is 5.96. The van der Waals surface area contributed by atoms with Gasteiger partial charge in [0.15, 0.2) is 0 Å². The Balaban J connectivity index is 0. The molecule has 0 saturated carbocycles. The van der Waals surface area contributed by atoms with Crippen LogP contribution in [0.5, 0.6) is 0 Å². The van der Waals surface area contributed by atoms with Crippen molar-refractivity contribution in [3.63, 3.8) is 0 Å². The molecule has 0 heterocycles. The van der Waals surface area contributed by atoms with Crippen LogP contribution in [-0.2, 0) is 0 Å². The van der Waals surface area contributed by atoms with E-state index in [-0.39, 0.29) is 0 Å². The Morgan fingerprint density at radius 1 is 0.833 bits per heavy atom. The normalized spacial score (nSPS) is 14.8. The van der Waals surface area contributed by atoms with Gasteiger partial charge in [-0.15, -0.1) is 6.58 Å². The molecule has 0 spiro atoms. The summed E-state index contributed by atoms with van der Waals surface area (Å²) in [7, 11) is 0. The molecular weight excluding hydrogens is 216 g/mol. The third-order valence-corrected chi connectivity index (χ3v) is 2.32. The van der Waals surface area contributed by atoms with Crippen LogP contribution in [0.4, 0.5) is 0 Å². The Morgan fingerprint density at radius 3 is 1.83 bits per heavy atom. The van der Waals surface area contributed by atoms with Gasteiger partial charge in [0, 0.05) is 11.8 Å². The summed E-state index contributed by atoms with van der Waals surface area (Å²) in [6, 6.07) is 0. The minimum absolute atomic E-state index is 0.356. The highest BCUT2D eigenvalue weighted by molar-refractivity contribution is 5.14. The van der Waals surface area contributed by atoms with Gasteiger partial charge in [-0.2, -0.15) is 0 Å². The SMILES string of the molecule is C=C/C=C\C(/C=C\C)C(C=C)/C=C\C(C)C.CC. The van der Waals surface area contributed by atoms with Crippen molar-refractivity contribution >= 4 is 0 Å². The molecule has 2 unspecified atom stereocenters. The second kappa shape index (κ2) is 13.8. The van der Waals surface area contributed by atoms with E-state index in [1.54, 1.807) is 0 Å². The van der Waals surface area contributed by atoms with E-state index in [2.05, 4.69) is 57.4 Å². The molecule has 0 amide bonds. The molecule has 0 aliphatic rings. The van der Waals surface area contributed by atoms with E-state index in [9.17, 15) is 0 Å². The summed E-state index contributed by atoms with van der Waals surface area (Å²) in [5.41, 5.74) is 0. The van der Waals surface area contributed by atoms with Crippen LogP contribution in [0, 0.1) is 17.8 Å². The van der Waals surface area contributed by atoms with E-state index >= 15 is 0 Å². The topological polar surface area (TPSA) is 0 Å². The van der Waals surface area contributed by atoms with Crippen LogP contribution in [0.15, 0.2) is 61.8 Å². The van der Waals surface area contributed by atoms with Gasteiger partial charge < -0.3 is 0 Å². The van der Waals surface area contributed by atoms with Gasteiger partial charge in [-0.05, 0) is 12.8 Å².